The van der Waals surface area contributed by atoms with E-state index in [1.807, 2.05) is 63.2 Å². The average molecular weight is 336 g/mol. The minimum absolute atomic E-state index is 0.0660. The van der Waals surface area contributed by atoms with Crippen molar-refractivity contribution in [1.29, 1.82) is 0 Å². The van der Waals surface area contributed by atoms with Crippen molar-refractivity contribution < 1.29 is 9.59 Å². The molecule has 0 aromatic heterocycles. The van der Waals surface area contributed by atoms with E-state index in [4.69, 9.17) is 0 Å². The van der Waals surface area contributed by atoms with Crippen molar-refractivity contribution in [3.05, 3.63) is 71.8 Å². The van der Waals surface area contributed by atoms with E-state index in [1.165, 1.54) is 5.56 Å². The molecular weight excluding hydrogens is 312 g/mol. The van der Waals surface area contributed by atoms with Crippen LogP contribution in [0.3, 0.4) is 0 Å². The lowest BCUT2D eigenvalue weighted by Gasteiger charge is -2.12. The van der Waals surface area contributed by atoms with Crippen molar-refractivity contribution >= 4 is 23.1 Å². The SMILES string of the molecule is Cc1ccc(/C(=C/C(=O)NCC(=O)Nc2ccccc2)C(C)C)cc1. The Morgan fingerprint density at radius 2 is 1.64 bits per heavy atom. The largest absolute Gasteiger partial charge is 0.343 e. The predicted molar refractivity (Wildman–Crippen MR) is 102 cm³/mol. The van der Waals surface area contributed by atoms with Gasteiger partial charge in [0.25, 0.3) is 0 Å². The summed E-state index contributed by atoms with van der Waals surface area (Å²) in [5.74, 6) is -0.325. The van der Waals surface area contributed by atoms with E-state index < -0.39 is 0 Å². The Kier molecular flexibility index (Phi) is 6.52. The Morgan fingerprint density at radius 3 is 2.24 bits per heavy atom. The molecule has 0 heterocycles. The van der Waals surface area contributed by atoms with Gasteiger partial charge in [0.05, 0.1) is 6.54 Å². The summed E-state index contributed by atoms with van der Waals surface area (Å²) < 4.78 is 0. The quantitative estimate of drug-likeness (QED) is 0.789. The van der Waals surface area contributed by atoms with E-state index in [0.717, 1.165) is 11.1 Å². The number of hydrogen-bond donors (Lipinski definition) is 2. The first kappa shape index (κ1) is 18.5. The van der Waals surface area contributed by atoms with Crippen molar-refractivity contribution in [3.8, 4) is 0 Å². The zero-order valence-electron chi connectivity index (χ0n) is 14.9. The first-order valence-corrected chi connectivity index (χ1v) is 8.37. The highest BCUT2D eigenvalue weighted by atomic mass is 16.2. The van der Waals surface area contributed by atoms with Gasteiger partial charge in [-0.05, 0) is 36.1 Å². The molecule has 0 fully saturated rings. The molecule has 0 bridgehead atoms. The molecule has 4 heteroatoms. The molecule has 25 heavy (non-hydrogen) atoms. The van der Waals surface area contributed by atoms with Crippen molar-refractivity contribution in [2.75, 3.05) is 11.9 Å². The van der Waals surface area contributed by atoms with Crippen LogP contribution in [0.4, 0.5) is 5.69 Å². The van der Waals surface area contributed by atoms with Crippen LogP contribution in [0.25, 0.3) is 5.57 Å². The fourth-order valence-corrected chi connectivity index (χ4v) is 2.42. The Balaban J connectivity index is 1.97. The van der Waals surface area contributed by atoms with Gasteiger partial charge >= 0.3 is 0 Å². The Morgan fingerprint density at radius 1 is 1.00 bits per heavy atom. The number of allylic oxidation sites excluding steroid dienone is 1. The van der Waals surface area contributed by atoms with Crippen LogP contribution in [0, 0.1) is 12.8 Å². The fraction of sp³-hybridized carbons (Fsp3) is 0.238. The Bertz CT molecular complexity index is 747. The second-order valence-electron chi connectivity index (χ2n) is 6.25. The molecule has 2 aromatic carbocycles. The smallest absolute Gasteiger partial charge is 0.244 e. The van der Waals surface area contributed by atoms with Gasteiger partial charge in [0.15, 0.2) is 0 Å². The number of benzene rings is 2. The third-order valence-corrected chi connectivity index (χ3v) is 3.77. The van der Waals surface area contributed by atoms with Gasteiger partial charge in [0.2, 0.25) is 11.8 Å². The maximum Gasteiger partial charge on any atom is 0.244 e. The van der Waals surface area contributed by atoms with Crippen LogP contribution in [0.1, 0.15) is 25.0 Å². The molecule has 2 N–H and O–H groups in total. The van der Waals surface area contributed by atoms with Crippen LogP contribution in [-0.4, -0.2) is 18.4 Å². The molecule has 2 amide bonds. The zero-order chi connectivity index (χ0) is 18.2. The molecule has 0 aliphatic rings. The van der Waals surface area contributed by atoms with Crippen LogP contribution in [0.2, 0.25) is 0 Å². The molecule has 0 saturated carbocycles. The molecule has 0 radical (unpaired) electrons. The summed E-state index contributed by atoms with van der Waals surface area (Å²) >= 11 is 0. The number of nitrogens with one attached hydrogen (secondary N) is 2. The number of amides is 2. The van der Waals surface area contributed by atoms with E-state index in [0.29, 0.717) is 5.69 Å². The first-order valence-electron chi connectivity index (χ1n) is 8.37. The summed E-state index contributed by atoms with van der Waals surface area (Å²) in [5.41, 5.74) is 3.85. The van der Waals surface area contributed by atoms with Crippen LogP contribution < -0.4 is 10.6 Å². The van der Waals surface area contributed by atoms with Gasteiger partial charge in [-0.2, -0.15) is 0 Å². The van der Waals surface area contributed by atoms with Crippen molar-refractivity contribution in [2.24, 2.45) is 5.92 Å². The minimum atomic E-state index is -0.271. The van der Waals surface area contributed by atoms with Crippen LogP contribution >= 0.6 is 0 Å². The van der Waals surface area contributed by atoms with E-state index in [-0.39, 0.29) is 24.3 Å². The topological polar surface area (TPSA) is 58.2 Å². The number of para-hydroxylation sites is 1. The second kappa shape index (κ2) is 8.83. The fourth-order valence-electron chi connectivity index (χ4n) is 2.42. The van der Waals surface area contributed by atoms with Gasteiger partial charge < -0.3 is 10.6 Å². The van der Waals surface area contributed by atoms with E-state index in [9.17, 15) is 9.59 Å². The first-order chi connectivity index (χ1) is 12.0. The molecule has 2 aromatic rings. The lowest BCUT2D eigenvalue weighted by Crippen LogP contribution is -2.32. The third kappa shape index (κ3) is 5.92. The third-order valence-electron chi connectivity index (χ3n) is 3.77. The molecule has 2 rings (SSSR count). The van der Waals surface area contributed by atoms with Gasteiger partial charge in [0.1, 0.15) is 0 Å². The number of carbonyl (C=O) groups excluding carboxylic acids is 2. The Labute approximate surface area is 149 Å². The molecule has 0 unspecified atom stereocenters. The van der Waals surface area contributed by atoms with Gasteiger partial charge in [-0.25, -0.2) is 0 Å². The lowest BCUT2D eigenvalue weighted by molar-refractivity contribution is -0.121. The summed E-state index contributed by atoms with van der Waals surface area (Å²) in [6.07, 6.45) is 1.57. The van der Waals surface area contributed by atoms with Crippen molar-refractivity contribution in [3.63, 3.8) is 0 Å². The molecule has 0 spiro atoms. The second-order valence-corrected chi connectivity index (χ2v) is 6.25. The van der Waals surface area contributed by atoms with Crippen molar-refractivity contribution in [2.45, 2.75) is 20.8 Å². The molecule has 4 nitrogen and oxygen atoms in total. The summed E-state index contributed by atoms with van der Waals surface area (Å²) in [4.78, 5) is 24.1. The molecule has 0 atom stereocenters. The summed E-state index contributed by atoms with van der Waals surface area (Å²) in [5, 5.41) is 5.38. The highest BCUT2D eigenvalue weighted by Gasteiger charge is 2.10. The minimum Gasteiger partial charge on any atom is -0.343 e. The highest BCUT2D eigenvalue weighted by molar-refractivity contribution is 5.99. The number of hydrogen-bond acceptors (Lipinski definition) is 2. The van der Waals surface area contributed by atoms with Gasteiger partial charge in [0, 0.05) is 11.8 Å². The maximum atomic E-state index is 12.2. The van der Waals surface area contributed by atoms with Gasteiger partial charge in [-0.1, -0.05) is 61.9 Å². The average Bonchev–Trinajstić information content (AvgIpc) is 2.59. The van der Waals surface area contributed by atoms with E-state index >= 15 is 0 Å². The number of aryl methyl sites for hydroxylation is 1. The molecule has 130 valence electrons. The molecule has 0 aliphatic carbocycles. The number of anilines is 1. The zero-order valence-corrected chi connectivity index (χ0v) is 14.9. The standard InChI is InChI=1S/C21H24N2O2/c1-15(2)19(17-11-9-16(3)10-12-17)13-20(24)22-14-21(25)23-18-7-5-4-6-8-18/h4-13,15H,14H2,1-3H3,(H,22,24)(H,23,25)/b19-13+. The highest BCUT2D eigenvalue weighted by Crippen LogP contribution is 2.23. The number of carbonyl (C=O) groups is 2. The summed E-state index contributed by atoms with van der Waals surface area (Å²) in [6, 6.07) is 17.2. The van der Waals surface area contributed by atoms with Gasteiger partial charge in [-0.15, -0.1) is 0 Å². The monoisotopic (exact) mass is 336 g/mol. The predicted octanol–water partition coefficient (Wildman–Crippen LogP) is 3.79. The van der Waals surface area contributed by atoms with Crippen LogP contribution in [0.5, 0.6) is 0 Å². The molecular formula is C21H24N2O2. The molecule has 0 saturated heterocycles. The lowest BCUT2D eigenvalue weighted by atomic mass is 9.94. The normalized spacial score (nSPS) is 11.3. The van der Waals surface area contributed by atoms with Gasteiger partial charge in [-0.3, -0.25) is 9.59 Å². The van der Waals surface area contributed by atoms with Crippen LogP contribution in [-0.2, 0) is 9.59 Å². The van der Waals surface area contributed by atoms with E-state index in [1.54, 1.807) is 18.2 Å². The Hall–Kier alpha value is -2.88. The van der Waals surface area contributed by atoms with E-state index in [2.05, 4.69) is 10.6 Å². The number of rotatable bonds is 6. The van der Waals surface area contributed by atoms with Crippen LogP contribution in [0.15, 0.2) is 60.7 Å². The molecule has 0 aliphatic heterocycles. The maximum absolute atomic E-state index is 12.2. The van der Waals surface area contributed by atoms with Crippen molar-refractivity contribution in [1.82, 2.24) is 5.32 Å². The summed E-state index contributed by atoms with van der Waals surface area (Å²) in [7, 11) is 0. The summed E-state index contributed by atoms with van der Waals surface area (Å²) in [6.45, 7) is 6.05.